The Morgan fingerprint density at radius 2 is 2.00 bits per heavy atom. The zero-order valence-electron chi connectivity index (χ0n) is 11.6. The van der Waals surface area contributed by atoms with Crippen LogP contribution in [0.15, 0.2) is 30.0 Å². The minimum atomic E-state index is 0.216. The van der Waals surface area contributed by atoms with Gasteiger partial charge in [-0.15, -0.1) is 0 Å². The molecular weight excluding hydrogens is 222 g/mol. The topological polar surface area (TPSA) is 21.3 Å². The Hall–Kier alpha value is -1.28. The predicted octanol–water partition coefficient (Wildman–Crippen LogP) is 3.65. The van der Waals surface area contributed by atoms with Gasteiger partial charge in [-0.3, -0.25) is 0 Å². The molecule has 0 fully saturated rings. The lowest BCUT2D eigenvalue weighted by Crippen LogP contribution is -2.25. The molecule has 1 aliphatic rings. The van der Waals surface area contributed by atoms with E-state index < -0.39 is 0 Å². The van der Waals surface area contributed by atoms with E-state index in [-0.39, 0.29) is 6.04 Å². The van der Waals surface area contributed by atoms with Gasteiger partial charge in [0, 0.05) is 6.42 Å². The van der Waals surface area contributed by atoms with Crippen molar-refractivity contribution in [3.63, 3.8) is 0 Å². The van der Waals surface area contributed by atoms with E-state index in [1.54, 1.807) is 0 Å². The minimum absolute atomic E-state index is 0.216. The fourth-order valence-electron chi connectivity index (χ4n) is 2.55. The Balaban J connectivity index is 2.33. The van der Waals surface area contributed by atoms with Crippen molar-refractivity contribution in [2.24, 2.45) is 0 Å². The summed E-state index contributed by atoms with van der Waals surface area (Å²) in [5.74, 6) is 1.10. The zero-order chi connectivity index (χ0) is 13.0. The molecule has 2 rings (SSSR count). The third-order valence-electron chi connectivity index (χ3n) is 3.45. The van der Waals surface area contributed by atoms with E-state index in [2.05, 4.69) is 50.4 Å². The van der Waals surface area contributed by atoms with Crippen LogP contribution in [0.3, 0.4) is 0 Å². The zero-order valence-corrected chi connectivity index (χ0v) is 11.6. The van der Waals surface area contributed by atoms with Crippen molar-refractivity contribution < 1.29 is 4.74 Å². The third-order valence-corrected chi connectivity index (χ3v) is 3.45. The lowest BCUT2D eigenvalue weighted by molar-refractivity contribution is 0.215. The average Bonchev–Trinajstić information content (AvgIpc) is 2.86. The molecule has 0 bridgehead atoms. The summed E-state index contributed by atoms with van der Waals surface area (Å²) >= 11 is 0. The summed E-state index contributed by atoms with van der Waals surface area (Å²) < 4.78 is 5.78. The molecule has 0 spiro atoms. The number of benzene rings is 1. The monoisotopic (exact) mass is 245 g/mol. The molecule has 1 aliphatic heterocycles. The molecule has 0 saturated heterocycles. The minimum Gasteiger partial charge on any atom is -0.496 e. The van der Waals surface area contributed by atoms with Gasteiger partial charge < -0.3 is 10.1 Å². The molecule has 1 aromatic rings. The predicted molar refractivity (Wildman–Crippen MR) is 75.6 cm³/mol. The summed E-state index contributed by atoms with van der Waals surface area (Å²) in [7, 11) is 0. The van der Waals surface area contributed by atoms with Gasteiger partial charge >= 0.3 is 0 Å². The molecule has 0 amide bonds. The van der Waals surface area contributed by atoms with E-state index in [9.17, 15) is 0 Å². The summed E-state index contributed by atoms with van der Waals surface area (Å²) in [5.41, 5.74) is 4.04. The number of nitrogens with one attached hydrogen (secondary N) is 1. The smallest absolute Gasteiger partial charge is 0.114 e. The fraction of sp³-hybridized carbons (Fsp3) is 0.500. The number of hydrogen-bond acceptors (Lipinski definition) is 2. The highest BCUT2D eigenvalue weighted by Gasteiger charge is 2.22. The molecule has 2 heteroatoms. The Kier molecular flexibility index (Phi) is 4.43. The highest BCUT2D eigenvalue weighted by molar-refractivity contribution is 5.39. The standard InChI is InChI=1S/C16H23NO/c1-4-10-17-16(14-9-6-11-18-14)15-12(2)7-5-8-13(15)3/h5,7-9,16-17H,4,6,10-11H2,1-3H3. The molecule has 1 unspecified atom stereocenters. The van der Waals surface area contributed by atoms with Crippen LogP contribution < -0.4 is 5.32 Å². The molecule has 1 aromatic carbocycles. The van der Waals surface area contributed by atoms with Crippen molar-refractivity contribution in [2.75, 3.05) is 13.2 Å². The number of hydrogen-bond donors (Lipinski definition) is 1. The van der Waals surface area contributed by atoms with Gasteiger partial charge in [-0.2, -0.15) is 0 Å². The number of aryl methyl sites for hydroxylation is 2. The molecule has 18 heavy (non-hydrogen) atoms. The van der Waals surface area contributed by atoms with Crippen LogP contribution in [-0.2, 0) is 4.74 Å². The maximum atomic E-state index is 5.78. The van der Waals surface area contributed by atoms with E-state index >= 15 is 0 Å². The summed E-state index contributed by atoms with van der Waals surface area (Å²) in [5, 5.41) is 3.62. The van der Waals surface area contributed by atoms with E-state index in [0.717, 1.165) is 31.8 Å². The summed E-state index contributed by atoms with van der Waals surface area (Å²) in [6.45, 7) is 8.39. The van der Waals surface area contributed by atoms with Crippen LogP contribution in [0.1, 0.15) is 42.5 Å². The lowest BCUT2D eigenvalue weighted by Gasteiger charge is -2.23. The first-order chi connectivity index (χ1) is 8.74. The van der Waals surface area contributed by atoms with Crippen LogP contribution in [0.4, 0.5) is 0 Å². The lowest BCUT2D eigenvalue weighted by atomic mass is 9.94. The molecule has 0 saturated carbocycles. The normalized spacial score (nSPS) is 16.3. The van der Waals surface area contributed by atoms with Gasteiger partial charge in [0.1, 0.15) is 5.76 Å². The Morgan fingerprint density at radius 1 is 1.28 bits per heavy atom. The van der Waals surface area contributed by atoms with Gasteiger partial charge in [-0.05, 0) is 49.6 Å². The second-order valence-electron chi connectivity index (χ2n) is 4.94. The first-order valence-electron chi connectivity index (χ1n) is 6.86. The first-order valence-corrected chi connectivity index (χ1v) is 6.86. The maximum absolute atomic E-state index is 5.78. The van der Waals surface area contributed by atoms with Crippen LogP contribution >= 0.6 is 0 Å². The quantitative estimate of drug-likeness (QED) is 0.855. The molecule has 98 valence electrons. The van der Waals surface area contributed by atoms with Gasteiger partial charge in [-0.1, -0.05) is 25.1 Å². The molecule has 2 nitrogen and oxygen atoms in total. The Labute approximate surface area is 110 Å². The summed E-state index contributed by atoms with van der Waals surface area (Å²) in [6, 6.07) is 6.69. The Morgan fingerprint density at radius 3 is 2.56 bits per heavy atom. The van der Waals surface area contributed by atoms with E-state index in [4.69, 9.17) is 4.74 Å². The van der Waals surface area contributed by atoms with E-state index in [1.807, 2.05) is 0 Å². The van der Waals surface area contributed by atoms with Crippen LogP contribution in [0.25, 0.3) is 0 Å². The number of ether oxygens (including phenoxy) is 1. The fourth-order valence-corrected chi connectivity index (χ4v) is 2.55. The molecule has 1 atom stereocenters. The van der Waals surface area contributed by atoms with Gasteiger partial charge in [0.15, 0.2) is 0 Å². The van der Waals surface area contributed by atoms with Crippen LogP contribution in [-0.4, -0.2) is 13.2 Å². The van der Waals surface area contributed by atoms with E-state index in [1.165, 1.54) is 16.7 Å². The van der Waals surface area contributed by atoms with Gasteiger partial charge in [-0.25, -0.2) is 0 Å². The molecule has 1 N–H and O–H groups in total. The first kappa shape index (κ1) is 13.2. The molecular formula is C16H23NO. The van der Waals surface area contributed by atoms with Crippen LogP contribution in [0.2, 0.25) is 0 Å². The van der Waals surface area contributed by atoms with Crippen LogP contribution in [0.5, 0.6) is 0 Å². The van der Waals surface area contributed by atoms with Crippen molar-refractivity contribution in [3.8, 4) is 0 Å². The molecule has 0 aliphatic carbocycles. The average molecular weight is 245 g/mol. The molecule has 0 radical (unpaired) electrons. The SMILES string of the molecule is CCCNC(C1=CCCO1)c1c(C)cccc1C. The largest absolute Gasteiger partial charge is 0.496 e. The summed E-state index contributed by atoms with van der Waals surface area (Å²) in [6.07, 6.45) is 4.39. The third kappa shape index (κ3) is 2.75. The second kappa shape index (κ2) is 6.05. The van der Waals surface area contributed by atoms with Crippen molar-refractivity contribution in [2.45, 2.75) is 39.7 Å². The highest BCUT2D eigenvalue weighted by Crippen LogP contribution is 2.30. The molecule has 0 aromatic heterocycles. The van der Waals surface area contributed by atoms with Crippen molar-refractivity contribution in [1.29, 1.82) is 0 Å². The Bertz CT molecular complexity index is 416. The molecule has 1 heterocycles. The van der Waals surface area contributed by atoms with Gasteiger partial charge in [0.05, 0.1) is 12.6 Å². The highest BCUT2D eigenvalue weighted by atomic mass is 16.5. The van der Waals surface area contributed by atoms with Crippen molar-refractivity contribution >= 4 is 0 Å². The number of rotatable bonds is 5. The van der Waals surface area contributed by atoms with Gasteiger partial charge in [0.2, 0.25) is 0 Å². The van der Waals surface area contributed by atoms with E-state index in [0.29, 0.717) is 0 Å². The second-order valence-corrected chi connectivity index (χ2v) is 4.94. The van der Waals surface area contributed by atoms with Crippen LogP contribution in [0, 0.1) is 13.8 Å². The van der Waals surface area contributed by atoms with Gasteiger partial charge in [0.25, 0.3) is 0 Å². The maximum Gasteiger partial charge on any atom is 0.114 e. The van der Waals surface area contributed by atoms with Crippen molar-refractivity contribution in [3.05, 3.63) is 46.7 Å². The van der Waals surface area contributed by atoms with Crippen molar-refractivity contribution in [1.82, 2.24) is 5.32 Å². The summed E-state index contributed by atoms with van der Waals surface area (Å²) in [4.78, 5) is 0.